The fourth-order valence-electron chi connectivity index (χ4n) is 0.994. The summed E-state index contributed by atoms with van der Waals surface area (Å²) < 4.78 is 9.24. The number of unbranched alkanes of at least 4 members (excludes halogenated alkanes) is 3. The average Bonchev–Trinajstić information content (AvgIpc) is 2.23. The highest BCUT2D eigenvalue weighted by Gasteiger charge is 1.94. The Labute approximate surface area is 103 Å². The van der Waals surface area contributed by atoms with Crippen molar-refractivity contribution in [2.75, 3.05) is 19.8 Å². The van der Waals surface area contributed by atoms with Crippen molar-refractivity contribution < 1.29 is 24.2 Å². The number of carboxylic acid groups (broad SMARTS) is 1. The van der Waals surface area contributed by atoms with Crippen LogP contribution in [0.5, 0.6) is 0 Å². The first-order valence-corrected chi connectivity index (χ1v) is 5.97. The molecule has 5 heteroatoms. The average molecular weight is 248 g/mol. The lowest BCUT2D eigenvalue weighted by Gasteiger charge is -1.99. The summed E-state index contributed by atoms with van der Waals surface area (Å²) in [6.07, 6.45) is 4.51. The molecule has 0 heterocycles. The van der Waals surface area contributed by atoms with Crippen molar-refractivity contribution in [1.29, 1.82) is 0 Å². The molecule has 0 bridgehead atoms. The lowest BCUT2D eigenvalue weighted by Crippen LogP contribution is -2.07. The van der Waals surface area contributed by atoms with Crippen LogP contribution < -0.4 is 0 Å². The van der Waals surface area contributed by atoms with Crippen LogP contribution in [0.1, 0.15) is 46.5 Å². The molecule has 0 spiro atoms. The summed E-state index contributed by atoms with van der Waals surface area (Å²) in [6, 6.07) is 0. The lowest BCUT2D eigenvalue weighted by atomic mass is 10.2. The van der Waals surface area contributed by atoms with Crippen molar-refractivity contribution in [2.24, 2.45) is 0 Å². The van der Waals surface area contributed by atoms with Gasteiger partial charge in [0.05, 0.1) is 6.61 Å². The molecule has 5 nitrogen and oxygen atoms in total. The van der Waals surface area contributed by atoms with Crippen LogP contribution >= 0.6 is 0 Å². The summed E-state index contributed by atoms with van der Waals surface area (Å²) >= 11 is 0. The summed E-state index contributed by atoms with van der Waals surface area (Å²) in [5.41, 5.74) is 0. The molecule has 0 rings (SSSR count). The van der Waals surface area contributed by atoms with Gasteiger partial charge in [-0.05, 0) is 13.3 Å². The SMILES string of the molecule is CCCCCCOCC(=O)O.CCOC(C)=O. The van der Waals surface area contributed by atoms with Gasteiger partial charge in [0.15, 0.2) is 0 Å². The zero-order valence-electron chi connectivity index (χ0n) is 11.0. The monoisotopic (exact) mass is 248 g/mol. The number of hydrogen-bond donors (Lipinski definition) is 1. The largest absolute Gasteiger partial charge is 0.480 e. The summed E-state index contributed by atoms with van der Waals surface area (Å²) in [4.78, 5) is 19.8. The third-order valence-corrected chi connectivity index (χ3v) is 1.72. The van der Waals surface area contributed by atoms with Gasteiger partial charge in [-0.3, -0.25) is 4.79 Å². The molecule has 0 amide bonds. The molecule has 0 saturated carbocycles. The van der Waals surface area contributed by atoms with E-state index in [1.54, 1.807) is 6.92 Å². The van der Waals surface area contributed by atoms with Crippen LogP contribution in [0, 0.1) is 0 Å². The van der Waals surface area contributed by atoms with Gasteiger partial charge in [0.2, 0.25) is 0 Å². The van der Waals surface area contributed by atoms with Crippen LogP contribution in [-0.2, 0) is 19.1 Å². The van der Waals surface area contributed by atoms with E-state index in [-0.39, 0.29) is 12.6 Å². The highest BCUT2D eigenvalue weighted by Crippen LogP contribution is 1.98. The van der Waals surface area contributed by atoms with Gasteiger partial charge >= 0.3 is 11.9 Å². The van der Waals surface area contributed by atoms with Crippen molar-refractivity contribution in [3.8, 4) is 0 Å². The summed E-state index contributed by atoms with van der Waals surface area (Å²) in [5.74, 6) is -1.10. The van der Waals surface area contributed by atoms with Crippen LogP contribution in [0.25, 0.3) is 0 Å². The van der Waals surface area contributed by atoms with E-state index in [1.165, 1.54) is 19.8 Å². The van der Waals surface area contributed by atoms with Crippen molar-refractivity contribution in [2.45, 2.75) is 46.5 Å². The molecule has 0 radical (unpaired) electrons. The molecule has 17 heavy (non-hydrogen) atoms. The molecule has 0 aliphatic carbocycles. The standard InChI is InChI=1S/C8H16O3.C4H8O2/c1-2-3-4-5-6-11-7-8(9)10;1-3-6-4(2)5/h2-7H2,1H3,(H,9,10);3H2,1-2H3. The molecule has 1 N–H and O–H groups in total. The highest BCUT2D eigenvalue weighted by atomic mass is 16.5. The molecule has 0 unspecified atom stereocenters. The number of carboxylic acids is 1. The van der Waals surface area contributed by atoms with E-state index in [1.807, 2.05) is 0 Å². The molecular formula is C12H24O5. The minimum Gasteiger partial charge on any atom is -0.480 e. The maximum Gasteiger partial charge on any atom is 0.329 e. The molecule has 0 aromatic rings. The van der Waals surface area contributed by atoms with E-state index in [9.17, 15) is 9.59 Å². The Balaban J connectivity index is 0. The number of hydrogen-bond acceptors (Lipinski definition) is 4. The van der Waals surface area contributed by atoms with Crippen molar-refractivity contribution in [3.05, 3.63) is 0 Å². The summed E-state index contributed by atoms with van der Waals surface area (Å²) in [7, 11) is 0. The number of aliphatic carboxylic acids is 1. The second-order valence-electron chi connectivity index (χ2n) is 3.43. The quantitative estimate of drug-likeness (QED) is 0.526. The molecule has 0 saturated heterocycles. The maximum atomic E-state index is 9.96. The lowest BCUT2D eigenvalue weighted by molar-refractivity contribution is -0.142. The minimum absolute atomic E-state index is 0.161. The van der Waals surface area contributed by atoms with Gasteiger partial charge in [-0.25, -0.2) is 4.79 Å². The number of ether oxygens (including phenoxy) is 2. The van der Waals surface area contributed by atoms with E-state index >= 15 is 0 Å². The number of carbonyl (C=O) groups is 2. The molecule has 0 aromatic heterocycles. The van der Waals surface area contributed by atoms with Gasteiger partial charge < -0.3 is 14.6 Å². The van der Waals surface area contributed by atoms with Gasteiger partial charge in [-0.15, -0.1) is 0 Å². The van der Waals surface area contributed by atoms with E-state index in [4.69, 9.17) is 9.84 Å². The third kappa shape index (κ3) is 25.3. The number of carbonyl (C=O) groups excluding carboxylic acids is 1. The Bertz CT molecular complexity index is 191. The Morgan fingerprint density at radius 2 is 1.76 bits per heavy atom. The highest BCUT2D eigenvalue weighted by molar-refractivity contribution is 5.67. The fourth-order valence-corrected chi connectivity index (χ4v) is 0.994. The Hall–Kier alpha value is -1.10. The predicted octanol–water partition coefficient (Wildman–Crippen LogP) is 2.24. The molecular weight excluding hydrogens is 224 g/mol. The molecule has 0 atom stereocenters. The van der Waals surface area contributed by atoms with E-state index < -0.39 is 5.97 Å². The van der Waals surface area contributed by atoms with Crippen molar-refractivity contribution >= 4 is 11.9 Å². The van der Waals surface area contributed by atoms with Gasteiger partial charge in [0.1, 0.15) is 6.61 Å². The Morgan fingerprint density at radius 3 is 2.12 bits per heavy atom. The first-order valence-electron chi connectivity index (χ1n) is 5.97. The maximum absolute atomic E-state index is 9.96. The smallest absolute Gasteiger partial charge is 0.329 e. The van der Waals surface area contributed by atoms with Gasteiger partial charge in [-0.2, -0.15) is 0 Å². The Morgan fingerprint density at radius 1 is 1.12 bits per heavy atom. The van der Waals surface area contributed by atoms with Crippen LogP contribution in [0.15, 0.2) is 0 Å². The molecule has 0 aliphatic heterocycles. The zero-order valence-corrected chi connectivity index (χ0v) is 11.0. The predicted molar refractivity (Wildman–Crippen MR) is 64.9 cm³/mol. The first-order chi connectivity index (χ1) is 8.04. The minimum atomic E-state index is -0.888. The normalized spacial score (nSPS) is 9.12. The topological polar surface area (TPSA) is 72.8 Å². The van der Waals surface area contributed by atoms with Gasteiger partial charge in [-0.1, -0.05) is 26.2 Å². The molecule has 102 valence electrons. The second-order valence-corrected chi connectivity index (χ2v) is 3.43. The van der Waals surface area contributed by atoms with Gasteiger partial charge in [0.25, 0.3) is 0 Å². The second kappa shape index (κ2) is 14.9. The first kappa shape index (κ1) is 18.3. The third-order valence-electron chi connectivity index (χ3n) is 1.72. The summed E-state index contributed by atoms with van der Waals surface area (Å²) in [6.45, 7) is 6.21. The van der Waals surface area contributed by atoms with Crippen LogP contribution in [-0.4, -0.2) is 36.9 Å². The Kier molecular flexibility index (Phi) is 16.0. The summed E-state index contributed by atoms with van der Waals surface area (Å²) in [5, 5.41) is 8.19. The fraction of sp³-hybridized carbons (Fsp3) is 0.833. The van der Waals surface area contributed by atoms with E-state index in [2.05, 4.69) is 11.7 Å². The van der Waals surface area contributed by atoms with Crippen LogP contribution in [0.2, 0.25) is 0 Å². The van der Waals surface area contributed by atoms with Crippen LogP contribution in [0.3, 0.4) is 0 Å². The number of esters is 1. The zero-order chi connectivity index (χ0) is 13.5. The number of rotatable bonds is 8. The van der Waals surface area contributed by atoms with E-state index in [0.29, 0.717) is 13.2 Å². The van der Waals surface area contributed by atoms with Gasteiger partial charge in [0, 0.05) is 13.5 Å². The van der Waals surface area contributed by atoms with Crippen molar-refractivity contribution in [3.63, 3.8) is 0 Å². The molecule has 0 aliphatic rings. The molecule has 0 fully saturated rings. The molecule has 0 aromatic carbocycles. The van der Waals surface area contributed by atoms with Crippen molar-refractivity contribution in [1.82, 2.24) is 0 Å². The van der Waals surface area contributed by atoms with E-state index in [0.717, 1.165) is 12.8 Å². The van der Waals surface area contributed by atoms with Crippen LogP contribution in [0.4, 0.5) is 0 Å².